The first-order valence-electron chi connectivity index (χ1n) is 10.2. The summed E-state index contributed by atoms with van der Waals surface area (Å²) in [6, 6.07) is 12.3. The topological polar surface area (TPSA) is 110 Å². The molecule has 0 radical (unpaired) electrons. The third kappa shape index (κ3) is 5.17. The van der Waals surface area contributed by atoms with Gasteiger partial charge in [-0.15, -0.1) is 0 Å². The number of aliphatic hydroxyl groups is 1. The van der Waals surface area contributed by atoms with Gasteiger partial charge in [-0.05, 0) is 42.8 Å². The van der Waals surface area contributed by atoms with Crippen molar-refractivity contribution in [1.29, 1.82) is 0 Å². The Morgan fingerprint density at radius 2 is 1.94 bits per heavy atom. The fourth-order valence-electron chi connectivity index (χ4n) is 3.74. The van der Waals surface area contributed by atoms with E-state index in [0.29, 0.717) is 23.4 Å². The van der Waals surface area contributed by atoms with Gasteiger partial charge in [0.1, 0.15) is 5.82 Å². The van der Waals surface area contributed by atoms with Crippen LogP contribution in [0.2, 0.25) is 0 Å². The van der Waals surface area contributed by atoms with E-state index in [-0.39, 0.29) is 24.5 Å². The molecule has 0 spiro atoms. The summed E-state index contributed by atoms with van der Waals surface area (Å²) < 4.78 is 42.8. The Labute approximate surface area is 187 Å². The van der Waals surface area contributed by atoms with Crippen LogP contribution in [0.4, 0.5) is 10.1 Å². The van der Waals surface area contributed by atoms with Gasteiger partial charge in [0.05, 0.1) is 23.6 Å². The highest BCUT2D eigenvalue weighted by atomic mass is 32.2. The second-order valence-corrected chi connectivity index (χ2v) is 10.0. The number of carbonyl (C=O) groups excluding carboxylic acids is 1. The number of nitrogens with two attached hydrogens (primary N) is 1. The third-order valence-corrected chi connectivity index (χ3v) is 6.56. The van der Waals surface area contributed by atoms with Crippen LogP contribution in [0.1, 0.15) is 25.3 Å². The average molecular weight is 463 g/mol. The zero-order valence-electron chi connectivity index (χ0n) is 18.0. The van der Waals surface area contributed by atoms with Gasteiger partial charge in [0.25, 0.3) is 0 Å². The molecule has 3 N–H and O–H groups in total. The van der Waals surface area contributed by atoms with Crippen LogP contribution >= 0.6 is 0 Å². The van der Waals surface area contributed by atoms with Gasteiger partial charge in [0, 0.05) is 36.6 Å². The lowest BCUT2D eigenvalue weighted by molar-refractivity contribution is -0.145. The highest BCUT2D eigenvalue weighted by molar-refractivity contribution is 7.90. The summed E-state index contributed by atoms with van der Waals surface area (Å²) in [6.07, 6.45) is 3.30. The minimum Gasteiger partial charge on any atom is -0.466 e. The maximum absolute atomic E-state index is 14.0. The summed E-state index contributed by atoms with van der Waals surface area (Å²) in [7, 11) is -3.36. The van der Waals surface area contributed by atoms with Crippen LogP contribution in [-0.2, 0) is 19.4 Å². The van der Waals surface area contributed by atoms with Crippen LogP contribution in [0, 0.1) is 11.7 Å². The van der Waals surface area contributed by atoms with Gasteiger partial charge < -0.3 is 20.5 Å². The SMILES string of the molecule is C[C@]1(N)[C@@H](CC(=O)OCCCO)C=C(c2ccc(S(C)(=O)=O)cc2)N1c1cccc(F)c1. The van der Waals surface area contributed by atoms with Crippen LogP contribution in [0.25, 0.3) is 5.70 Å². The molecule has 2 aromatic rings. The fourth-order valence-corrected chi connectivity index (χ4v) is 4.37. The molecule has 2 aromatic carbocycles. The normalized spacial score (nSPS) is 20.8. The minimum atomic E-state index is -3.36. The molecular weight excluding hydrogens is 435 g/mol. The second-order valence-electron chi connectivity index (χ2n) is 8.00. The zero-order valence-corrected chi connectivity index (χ0v) is 18.8. The molecule has 7 nitrogen and oxygen atoms in total. The Morgan fingerprint density at radius 1 is 1.25 bits per heavy atom. The molecule has 0 aromatic heterocycles. The van der Waals surface area contributed by atoms with E-state index in [9.17, 15) is 17.6 Å². The molecule has 1 aliphatic heterocycles. The second kappa shape index (κ2) is 9.40. The Bertz CT molecular complexity index is 1110. The van der Waals surface area contributed by atoms with E-state index in [0.717, 1.165) is 6.26 Å². The number of benzene rings is 2. The third-order valence-electron chi connectivity index (χ3n) is 5.43. The smallest absolute Gasteiger partial charge is 0.306 e. The van der Waals surface area contributed by atoms with Crippen molar-refractivity contribution in [3.8, 4) is 0 Å². The number of rotatable bonds is 8. The Balaban J connectivity index is 2.00. The van der Waals surface area contributed by atoms with Crippen molar-refractivity contribution in [3.63, 3.8) is 0 Å². The summed E-state index contributed by atoms with van der Waals surface area (Å²) in [5.74, 6) is -1.35. The molecule has 0 bridgehead atoms. The number of ether oxygens (including phenoxy) is 1. The Hall–Kier alpha value is -2.75. The van der Waals surface area contributed by atoms with Crippen molar-refractivity contribution in [1.82, 2.24) is 0 Å². The van der Waals surface area contributed by atoms with E-state index in [1.807, 2.05) is 6.08 Å². The van der Waals surface area contributed by atoms with Crippen molar-refractivity contribution in [2.24, 2.45) is 11.7 Å². The van der Waals surface area contributed by atoms with Crippen LogP contribution < -0.4 is 10.6 Å². The first-order chi connectivity index (χ1) is 15.0. The van der Waals surface area contributed by atoms with E-state index < -0.39 is 33.2 Å². The Kier molecular flexibility index (Phi) is 7.02. The van der Waals surface area contributed by atoms with Gasteiger partial charge in [0.15, 0.2) is 9.84 Å². The van der Waals surface area contributed by atoms with Crippen molar-refractivity contribution in [2.75, 3.05) is 24.4 Å². The highest BCUT2D eigenvalue weighted by Crippen LogP contribution is 2.43. The number of carbonyl (C=O) groups is 1. The van der Waals surface area contributed by atoms with Crippen molar-refractivity contribution in [2.45, 2.75) is 30.3 Å². The lowest BCUT2D eigenvalue weighted by Gasteiger charge is -2.39. The first-order valence-corrected chi connectivity index (χ1v) is 12.1. The van der Waals surface area contributed by atoms with E-state index in [1.54, 1.807) is 36.1 Å². The summed E-state index contributed by atoms with van der Waals surface area (Å²) in [6.45, 7) is 1.78. The molecule has 2 atom stereocenters. The molecule has 0 amide bonds. The van der Waals surface area contributed by atoms with E-state index in [4.69, 9.17) is 15.6 Å². The average Bonchev–Trinajstić information content (AvgIpc) is 2.98. The van der Waals surface area contributed by atoms with Crippen molar-refractivity contribution in [3.05, 3.63) is 66.0 Å². The number of halogens is 1. The van der Waals surface area contributed by atoms with Gasteiger partial charge in [-0.2, -0.15) is 0 Å². The van der Waals surface area contributed by atoms with Crippen molar-refractivity contribution >= 4 is 27.2 Å². The van der Waals surface area contributed by atoms with Crippen LogP contribution in [0.5, 0.6) is 0 Å². The number of nitrogens with zero attached hydrogens (tertiary/aromatic N) is 1. The predicted molar refractivity (Wildman–Crippen MR) is 120 cm³/mol. The molecule has 9 heteroatoms. The lowest BCUT2D eigenvalue weighted by Crippen LogP contribution is -2.54. The monoisotopic (exact) mass is 462 g/mol. The number of hydrogen-bond acceptors (Lipinski definition) is 7. The van der Waals surface area contributed by atoms with Gasteiger partial charge in [-0.25, -0.2) is 12.8 Å². The van der Waals surface area contributed by atoms with Gasteiger partial charge >= 0.3 is 5.97 Å². The lowest BCUT2D eigenvalue weighted by atomic mass is 9.93. The van der Waals surface area contributed by atoms with Gasteiger partial charge in [0.2, 0.25) is 0 Å². The standard InChI is InChI=1S/C23H27FN2O5S/c1-23(25)17(14-22(28)31-12-4-11-27)13-21(26(23)19-6-3-5-18(24)15-19)16-7-9-20(10-8-16)32(2,29)30/h3,5-10,13,15,17,27H,4,11-12,14,25H2,1-2H3/t17-,23-/m1/s1. The number of aliphatic hydroxyl groups excluding tert-OH is 1. The summed E-state index contributed by atoms with van der Waals surface area (Å²) in [4.78, 5) is 14.2. The molecule has 1 heterocycles. The molecule has 0 saturated heterocycles. The maximum Gasteiger partial charge on any atom is 0.306 e. The molecule has 172 valence electrons. The predicted octanol–water partition coefficient (Wildman–Crippen LogP) is 2.70. The minimum absolute atomic E-state index is 0.00479. The zero-order chi connectivity index (χ0) is 23.5. The number of sulfone groups is 1. The summed E-state index contributed by atoms with van der Waals surface area (Å²) in [5.41, 5.74) is 7.41. The largest absolute Gasteiger partial charge is 0.466 e. The molecule has 3 rings (SSSR count). The number of esters is 1. The van der Waals surface area contributed by atoms with E-state index >= 15 is 0 Å². The number of anilines is 1. The fraction of sp³-hybridized carbons (Fsp3) is 0.348. The molecule has 0 saturated carbocycles. The molecule has 0 fully saturated rings. The number of hydrogen-bond donors (Lipinski definition) is 2. The highest BCUT2D eigenvalue weighted by Gasteiger charge is 2.44. The summed E-state index contributed by atoms with van der Waals surface area (Å²) in [5, 5.41) is 8.86. The van der Waals surface area contributed by atoms with Crippen LogP contribution in [0.15, 0.2) is 59.5 Å². The quantitative estimate of drug-likeness (QED) is 0.458. The van der Waals surface area contributed by atoms with E-state index in [2.05, 4.69) is 0 Å². The molecule has 1 aliphatic rings. The maximum atomic E-state index is 14.0. The van der Waals surface area contributed by atoms with Gasteiger partial charge in [-0.1, -0.05) is 24.3 Å². The molecule has 0 unspecified atom stereocenters. The summed E-state index contributed by atoms with van der Waals surface area (Å²) >= 11 is 0. The van der Waals surface area contributed by atoms with E-state index in [1.165, 1.54) is 24.3 Å². The van der Waals surface area contributed by atoms with Crippen LogP contribution in [-0.4, -0.2) is 44.6 Å². The van der Waals surface area contributed by atoms with Crippen molar-refractivity contribution < 1.29 is 27.4 Å². The Morgan fingerprint density at radius 3 is 2.53 bits per heavy atom. The molecule has 32 heavy (non-hydrogen) atoms. The molecular formula is C23H27FN2O5S. The van der Waals surface area contributed by atoms with Crippen LogP contribution in [0.3, 0.4) is 0 Å². The molecule has 0 aliphatic carbocycles. The first kappa shape index (κ1) is 23.9. The van der Waals surface area contributed by atoms with Gasteiger partial charge in [-0.3, -0.25) is 4.79 Å².